The van der Waals surface area contributed by atoms with E-state index in [1.54, 1.807) is 36.4 Å². The molecule has 0 aliphatic heterocycles. The van der Waals surface area contributed by atoms with Crippen molar-refractivity contribution in [1.82, 2.24) is 0 Å². The quantitative estimate of drug-likeness (QED) is 0.328. The topological polar surface area (TPSA) is 148 Å². The van der Waals surface area contributed by atoms with Crippen molar-refractivity contribution in [3.8, 4) is 0 Å². The van der Waals surface area contributed by atoms with Crippen molar-refractivity contribution >= 4 is 44.6 Å². The molecule has 1 aliphatic rings. The molecule has 0 radical (unpaired) electrons. The Morgan fingerprint density at radius 1 is 0.882 bits per heavy atom. The second-order valence-corrected chi connectivity index (χ2v) is 9.39. The Kier molecular flexibility index (Phi) is 6.28. The van der Waals surface area contributed by atoms with Gasteiger partial charge in [0.05, 0.1) is 21.1 Å². The number of hydrogen-bond donors (Lipinski definition) is 3. The molecule has 0 spiro atoms. The van der Waals surface area contributed by atoms with Crippen LogP contribution in [0.5, 0.6) is 0 Å². The Bertz CT molecular complexity index is 1390. The van der Waals surface area contributed by atoms with Crippen LogP contribution in [0.15, 0.2) is 77.7 Å². The highest BCUT2D eigenvalue weighted by Gasteiger charge is 2.29. The summed E-state index contributed by atoms with van der Waals surface area (Å²) in [6.45, 7) is 0. The third-order valence-electron chi connectivity index (χ3n) is 5.09. The number of nitro groups is 1. The molecule has 1 saturated carbocycles. The van der Waals surface area contributed by atoms with Gasteiger partial charge in [-0.25, -0.2) is 8.42 Å². The van der Waals surface area contributed by atoms with Gasteiger partial charge in [-0.1, -0.05) is 24.3 Å². The van der Waals surface area contributed by atoms with Crippen molar-refractivity contribution in [2.75, 3.05) is 15.4 Å². The van der Waals surface area contributed by atoms with E-state index in [2.05, 4.69) is 15.4 Å². The minimum atomic E-state index is -4.20. The smallest absolute Gasteiger partial charge is 0.270 e. The third kappa shape index (κ3) is 5.38. The third-order valence-corrected chi connectivity index (χ3v) is 6.45. The van der Waals surface area contributed by atoms with Gasteiger partial charge in [0.1, 0.15) is 0 Å². The predicted molar refractivity (Wildman–Crippen MR) is 126 cm³/mol. The SMILES string of the molecule is O=C(Nc1cccc(NC(=O)C2CC2)c1)c1ccccc1NS(=O)(=O)c1cccc([N+](=O)[O-])c1. The number of nitro benzene ring substituents is 1. The molecule has 1 fully saturated rings. The van der Waals surface area contributed by atoms with Gasteiger partial charge in [0.2, 0.25) is 5.91 Å². The molecule has 3 aromatic carbocycles. The number of para-hydroxylation sites is 1. The van der Waals surface area contributed by atoms with Gasteiger partial charge in [-0.15, -0.1) is 0 Å². The molecule has 3 N–H and O–H groups in total. The summed E-state index contributed by atoms with van der Waals surface area (Å²) in [7, 11) is -4.20. The summed E-state index contributed by atoms with van der Waals surface area (Å²) in [5.74, 6) is -0.614. The maximum absolute atomic E-state index is 12.9. The van der Waals surface area contributed by atoms with Crippen LogP contribution in [-0.4, -0.2) is 25.2 Å². The molecular formula is C23H20N4O6S. The molecule has 4 rings (SSSR count). The lowest BCUT2D eigenvalue weighted by molar-refractivity contribution is -0.385. The first-order valence-electron chi connectivity index (χ1n) is 10.3. The number of nitrogens with one attached hydrogen (secondary N) is 3. The fourth-order valence-electron chi connectivity index (χ4n) is 3.20. The molecule has 2 amide bonds. The van der Waals surface area contributed by atoms with Gasteiger partial charge in [0, 0.05) is 29.4 Å². The fraction of sp³-hybridized carbons (Fsp3) is 0.130. The number of sulfonamides is 1. The van der Waals surface area contributed by atoms with Gasteiger partial charge < -0.3 is 10.6 Å². The molecule has 0 unspecified atom stereocenters. The van der Waals surface area contributed by atoms with Crippen LogP contribution in [0.4, 0.5) is 22.7 Å². The van der Waals surface area contributed by atoms with Crippen LogP contribution in [0.25, 0.3) is 0 Å². The van der Waals surface area contributed by atoms with E-state index < -0.39 is 20.9 Å². The number of hydrogen-bond acceptors (Lipinski definition) is 6. The standard InChI is InChI=1S/C23H20N4O6S/c28-22(15-11-12-15)24-16-5-3-6-17(13-16)25-23(29)20-9-1-2-10-21(20)26-34(32,33)19-8-4-7-18(14-19)27(30)31/h1-10,13-15,26H,11-12H2,(H,24,28)(H,25,29). The largest absolute Gasteiger partial charge is 0.326 e. The van der Waals surface area contributed by atoms with E-state index in [1.807, 2.05) is 0 Å². The summed E-state index contributed by atoms with van der Waals surface area (Å²) in [5.41, 5.74) is 0.625. The van der Waals surface area contributed by atoms with Gasteiger partial charge in [-0.05, 0) is 49.2 Å². The summed E-state index contributed by atoms with van der Waals surface area (Å²) >= 11 is 0. The lowest BCUT2D eigenvalue weighted by Crippen LogP contribution is -2.19. The second kappa shape index (κ2) is 9.32. The molecule has 10 nitrogen and oxygen atoms in total. The van der Waals surface area contributed by atoms with Gasteiger partial charge in [0.15, 0.2) is 0 Å². The maximum Gasteiger partial charge on any atom is 0.270 e. The highest BCUT2D eigenvalue weighted by molar-refractivity contribution is 7.92. The first-order chi connectivity index (χ1) is 16.2. The Morgan fingerprint density at radius 3 is 2.26 bits per heavy atom. The second-order valence-electron chi connectivity index (χ2n) is 7.70. The molecule has 34 heavy (non-hydrogen) atoms. The average molecular weight is 481 g/mol. The minimum Gasteiger partial charge on any atom is -0.326 e. The normalized spacial score (nSPS) is 13.1. The van der Waals surface area contributed by atoms with Crippen LogP contribution < -0.4 is 15.4 Å². The van der Waals surface area contributed by atoms with E-state index in [9.17, 15) is 28.1 Å². The van der Waals surface area contributed by atoms with E-state index in [0.717, 1.165) is 18.9 Å². The Balaban J connectivity index is 1.53. The zero-order valence-corrected chi connectivity index (χ0v) is 18.5. The number of carbonyl (C=O) groups is 2. The van der Waals surface area contributed by atoms with Crippen LogP contribution >= 0.6 is 0 Å². The molecular weight excluding hydrogens is 460 g/mol. The Hall–Kier alpha value is -4.25. The Labute approximate surface area is 195 Å². The molecule has 0 heterocycles. The van der Waals surface area contributed by atoms with E-state index in [1.165, 1.54) is 30.3 Å². The average Bonchev–Trinajstić information content (AvgIpc) is 3.65. The maximum atomic E-state index is 12.9. The zero-order chi connectivity index (χ0) is 24.3. The van der Waals surface area contributed by atoms with Gasteiger partial charge in [-0.2, -0.15) is 0 Å². The summed E-state index contributed by atoms with van der Waals surface area (Å²) < 4.78 is 27.9. The van der Waals surface area contributed by atoms with E-state index >= 15 is 0 Å². The number of non-ortho nitro benzene ring substituents is 1. The monoisotopic (exact) mass is 480 g/mol. The summed E-state index contributed by atoms with van der Waals surface area (Å²) in [5, 5.41) is 16.5. The van der Waals surface area contributed by atoms with Gasteiger partial charge in [-0.3, -0.25) is 24.4 Å². The van der Waals surface area contributed by atoms with Crippen LogP contribution in [0.1, 0.15) is 23.2 Å². The summed E-state index contributed by atoms with van der Waals surface area (Å²) in [6.07, 6.45) is 1.73. The van der Waals surface area contributed by atoms with Crippen molar-refractivity contribution in [2.45, 2.75) is 17.7 Å². The van der Waals surface area contributed by atoms with E-state index in [-0.39, 0.29) is 33.7 Å². The lowest BCUT2D eigenvalue weighted by Gasteiger charge is -2.13. The summed E-state index contributed by atoms with van der Waals surface area (Å²) in [4.78, 5) is 34.9. The Morgan fingerprint density at radius 2 is 1.56 bits per heavy atom. The minimum absolute atomic E-state index is 0.00435. The molecule has 0 aromatic heterocycles. The van der Waals surface area contributed by atoms with Crippen molar-refractivity contribution in [1.29, 1.82) is 0 Å². The molecule has 174 valence electrons. The van der Waals surface area contributed by atoms with Crippen LogP contribution in [-0.2, 0) is 14.8 Å². The first-order valence-corrected chi connectivity index (χ1v) is 11.8. The van der Waals surface area contributed by atoms with Crippen molar-refractivity contribution in [3.63, 3.8) is 0 Å². The van der Waals surface area contributed by atoms with Gasteiger partial charge in [0.25, 0.3) is 21.6 Å². The van der Waals surface area contributed by atoms with Crippen LogP contribution in [0.2, 0.25) is 0 Å². The number of amides is 2. The number of carbonyl (C=O) groups excluding carboxylic acids is 2. The molecule has 0 saturated heterocycles. The molecule has 3 aromatic rings. The van der Waals surface area contributed by atoms with Crippen molar-refractivity contribution < 1.29 is 22.9 Å². The number of anilines is 3. The number of nitrogens with zero attached hydrogens (tertiary/aromatic N) is 1. The predicted octanol–water partition coefficient (Wildman–Crippen LogP) is 4.00. The van der Waals surface area contributed by atoms with E-state index in [0.29, 0.717) is 11.4 Å². The lowest BCUT2D eigenvalue weighted by atomic mass is 10.1. The van der Waals surface area contributed by atoms with Crippen molar-refractivity contribution in [3.05, 3.63) is 88.5 Å². The van der Waals surface area contributed by atoms with E-state index in [4.69, 9.17) is 0 Å². The molecule has 1 aliphatic carbocycles. The highest BCUT2D eigenvalue weighted by atomic mass is 32.2. The van der Waals surface area contributed by atoms with Gasteiger partial charge >= 0.3 is 0 Å². The van der Waals surface area contributed by atoms with Crippen LogP contribution in [0, 0.1) is 16.0 Å². The molecule has 0 bridgehead atoms. The molecule has 11 heteroatoms. The fourth-order valence-corrected chi connectivity index (χ4v) is 4.32. The number of benzene rings is 3. The molecule has 0 atom stereocenters. The zero-order valence-electron chi connectivity index (χ0n) is 17.7. The summed E-state index contributed by atoms with van der Waals surface area (Å²) in [6, 6.07) is 17.2. The first kappa shape index (κ1) is 22.9. The highest BCUT2D eigenvalue weighted by Crippen LogP contribution is 2.30. The van der Waals surface area contributed by atoms with Crippen molar-refractivity contribution in [2.24, 2.45) is 5.92 Å². The number of rotatable bonds is 8. The van der Waals surface area contributed by atoms with Crippen LogP contribution in [0.3, 0.4) is 0 Å².